The van der Waals surface area contributed by atoms with E-state index >= 15 is 0 Å². The lowest BCUT2D eigenvalue weighted by atomic mass is 10.1. The van der Waals surface area contributed by atoms with Gasteiger partial charge >= 0.3 is 0 Å². The summed E-state index contributed by atoms with van der Waals surface area (Å²) in [4.78, 5) is 26.9. The Morgan fingerprint density at radius 3 is 2.91 bits per heavy atom. The van der Waals surface area contributed by atoms with E-state index in [-0.39, 0.29) is 17.5 Å². The first-order valence-electron chi connectivity index (χ1n) is 6.97. The molecule has 0 aliphatic rings. The number of H-pyrrole nitrogens is 1. The fraction of sp³-hybridized carbons (Fsp3) is 0.267. The van der Waals surface area contributed by atoms with Gasteiger partial charge in [0.15, 0.2) is 0 Å². The molecule has 116 valence electrons. The molecule has 0 unspecified atom stereocenters. The number of aliphatic imine (C=N–C) groups is 1. The Morgan fingerprint density at radius 1 is 1.41 bits per heavy atom. The number of aromatic amines is 1. The van der Waals surface area contributed by atoms with Gasteiger partial charge in [-0.05, 0) is 25.3 Å². The zero-order valence-electron chi connectivity index (χ0n) is 12.4. The van der Waals surface area contributed by atoms with E-state index in [0.717, 1.165) is 12.8 Å². The van der Waals surface area contributed by atoms with E-state index in [4.69, 9.17) is 10.6 Å². The minimum Gasteiger partial charge on any atom is -0.368 e. The van der Waals surface area contributed by atoms with Crippen LogP contribution in [0.1, 0.15) is 17.7 Å². The van der Waals surface area contributed by atoms with E-state index in [1.165, 1.54) is 11.6 Å². The lowest BCUT2D eigenvalue weighted by Crippen LogP contribution is -2.32. The van der Waals surface area contributed by atoms with E-state index in [2.05, 4.69) is 32.6 Å². The molecule has 0 fully saturated rings. The van der Waals surface area contributed by atoms with Crippen molar-refractivity contribution in [1.29, 1.82) is 0 Å². The third-order valence-electron chi connectivity index (χ3n) is 2.82. The van der Waals surface area contributed by atoms with Crippen LogP contribution in [0.4, 0.5) is 5.95 Å². The summed E-state index contributed by atoms with van der Waals surface area (Å²) in [5, 5.41) is 0. The molecule has 7 nitrogen and oxygen atoms in total. The normalized spacial score (nSPS) is 11.4. The zero-order chi connectivity index (χ0) is 15.8. The highest BCUT2D eigenvalue weighted by Crippen LogP contribution is 2.02. The molecule has 1 aromatic heterocycles. The van der Waals surface area contributed by atoms with Crippen LogP contribution in [0.3, 0.4) is 0 Å². The van der Waals surface area contributed by atoms with Gasteiger partial charge in [-0.15, -0.1) is 0 Å². The molecule has 1 aromatic carbocycles. The van der Waals surface area contributed by atoms with Crippen molar-refractivity contribution in [3.05, 3.63) is 58.0 Å². The van der Waals surface area contributed by atoms with Crippen molar-refractivity contribution in [2.24, 2.45) is 10.7 Å². The van der Waals surface area contributed by atoms with Gasteiger partial charge in [0.1, 0.15) is 0 Å². The van der Waals surface area contributed by atoms with Crippen LogP contribution in [-0.4, -0.2) is 22.5 Å². The van der Waals surface area contributed by atoms with Gasteiger partial charge in [-0.3, -0.25) is 14.6 Å². The Hall–Kier alpha value is -2.67. The van der Waals surface area contributed by atoms with Crippen molar-refractivity contribution < 1.29 is 4.84 Å². The maximum absolute atomic E-state index is 11.3. The summed E-state index contributed by atoms with van der Waals surface area (Å²) in [7, 11) is 0. The predicted molar refractivity (Wildman–Crippen MR) is 84.7 cm³/mol. The van der Waals surface area contributed by atoms with Crippen molar-refractivity contribution in [3.63, 3.8) is 0 Å². The number of nitrogens with zero attached hydrogens (tertiary/aromatic N) is 2. The van der Waals surface area contributed by atoms with Crippen molar-refractivity contribution in [2.75, 3.05) is 6.61 Å². The number of guanidine groups is 1. The third kappa shape index (κ3) is 5.37. The van der Waals surface area contributed by atoms with Gasteiger partial charge < -0.3 is 5.73 Å². The van der Waals surface area contributed by atoms with Gasteiger partial charge in [-0.1, -0.05) is 30.3 Å². The number of benzene rings is 1. The van der Waals surface area contributed by atoms with E-state index in [0.29, 0.717) is 12.3 Å². The van der Waals surface area contributed by atoms with E-state index in [1.54, 1.807) is 6.92 Å². The number of hydrogen-bond acceptors (Lipinski definition) is 4. The molecule has 7 heteroatoms. The standard InChI is InChI=1S/C15H19N5O2/c1-11-10-13(21)18-15(17-11)19-14(16)20-22-9-5-8-12-6-3-2-4-7-12/h2-4,6-7,10H,5,8-9H2,1H3,(H4,16,17,18,19,20,21). The van der Waals surface area contributed by atoms with Gasteiger partial charge in [-0.2, -0.15) is 4.99 Å². The van der Waals surface area contributed by atoms with Crippen molar-refractivity contribution in [2.45, 2.75) is 19.8 Å². The first-order chi connectivity index (χ1) is 10.6. The smallest absolute Gasteiger partial charge is 0.252 e. The highest BCUT2D eigenvalue weighted by Gasteiger charge is 1.98. The largest absolute Gasteiger partial charge is 0.368 e. The predicted octanol–water partition coefficient (Wildman–Crippen LogP) is 1.18. The molecular formula is C15H19N5O2. The fourth-order valence-corrected chi connectivity index (χ4v) is 1.87. The molecule has 1 heterocycles. The molecule has 0 radical (unpaired) electrons. The van der Waals surface area contributed by atoms with Crippen molar-refractivity contribution >= 4 is 11.9 Å². The van der Waals surface area contributed by atoms with E-state index in [1.807, 2.05) is 18.2 Å². The zero-order valence-corrected chi connectivity index (χ0v) is 12.4. The van der Waals surface area contributed by atoms with E-state index < -0.39 is 0 Å². The molecule has 0 aliphatic heterocycles. The maximum atomic E-state index is 11.3. The highest BCUT2D eigenvalue weighted by atomic mass is 16.6. The number of hydrogen-bond donors (Lipinski definition) is 3. The molecule has 0 aliphatic carbocycles. The molecule has 2 aromatic rings. The molecule has 0 saturated carbocycles. The number of nitrogens with two attached hydrogens (primary N) is 1. The monoisotopic (exact) mass is 301 g/mol. The Labute approximate surface area is 128 Å². The molecule has 2 rings (SSSR count). The topological polar surface area (TPSA) is 105 Å². The second kappa shape index (κ2) is 7.94. The van der Waals surface area contributed by atoms with Gasteiger partial charge in [0.2, 0.25) is 11.9 Å². The minimum absolute atomic E-state index is 0.0356. The van der Waals surface area contributed by atoms with Crippen LogP contribution in [0, 0.1) is 6.92 Å². The summed E-state index contributed by atoms with van der Waals surface area (Å²) in [6.45, 7) is 2.20. The molecule has 0 amide bonds. The average Bonchev–Trinajstić information content (AvgIpc) is 2.47. The SMILES string of the molecule is Cc1cc(=O)[nH]c(/N=C(\N)NOCCCc2ccccc2)n1. The summed E-state index contributed by atoms with van der Waals surface area (Å²) < 4.78 is 0. The fourth-order valence-electron chi connectivity index (χ4n) is 1.87. The van der Waals surface area contributed by atoms with Gasteiger partial charge in [-0.25, -0.2) is 10.5 Å². The van der Waals surface area contributed by atoms with Crippen LogP contribution in [0.2, 0.25) is 0 Å². The maximum Gasteiger partial charge on any atom is 0.252 e. The quantitative estimate of drug-likeness (QED) is 0.321. The van der Waals surface area contributed by atoms with Crippen LogP contribution in [0.15, 0.2) is 46.2 Å². The first-order valence-corrected chi connectivity index (χ1v) is 6.97. The molecule has 0 bridgehead atoms. The summed E-state index contributed by atoms with van der Waals surface area (Å²) in [6.07, 6.45) is 1.77. The van der Waals surface area contributed by atoms with Crippen molar-refractivity contribution in [1.82, 2.24) is 15.4 Å². The van der Waals surface area contributed by atoms with Crippen LogP contribution >= 0.6 is 0 Å². The second-order valence-electron chi connectivity index (χ2n) is 4.75. The summed E-state index contributed by atoms with van der Waals surface area (Å²) in [5.41, 5.74) is 9.73. The van der Waals surface area contributed by atoms with Crippen LogP contribution < -0.4 is 16.8 Å². The van der Waals surface area contributed by atoms with Gasteiger partial charge in [0, 0.05) is 11.8 Å². The second-order valence-corrected chi connectivity index (χ2v) is 4.75. The van der Waals surface area contributed by atoms with E-state index in [9.17, 15) is 4.79 Å². The number of aryl methyl sites for hydroxylation is 2. The number of rotatable bonds is 6. The molecule has 0 saturated heterocycles. The molecule has 4 N–H and O–H groups in total. The van der Waals surface area contributed by atoms with Gasteiger partial charge in [0.05, 0.1) is 6.61 Å². The van der Waals surface area contributed by atoms with Crippen LogP contribution in [0.25, 0.3) is 0 Å². The summed E-state index contributed by atoms with van der Waals surface area (Å²) >= 11 is 0. The average molecular weight is 301 g/mol. The third-order valence-corrected chi connectivity index (χ3v) is 2.82. The lowest BCUT2D eigenvalue weighted by Gasteiger charge is -2.06. The van der Waals surface area contributed by atoms with Gasteiger partial charge in [0.25, 0.3) is 5.56 Å². The number of aromatic nitrogens is 2. The Balaban J connectivity index is 1.74. The Morgan fingerprint density at radius 2 is 2.18 bits per heavy atom. The summed E-state index contributed by atoms with van der Waals surface area (Å²) in [5.74, 6) is 0.177. The van der Waals surface area contributed by atoms with Crippen LogP contribution in [0.5, 0.6) is 0 Å². The minimum atomic E-state index is -0.275. The van der Waals surface area contributed by atoms with Crippen LogP contribution in [-0.2, 0) is 11.3 Å². The molecule has 22 heavy (non-hydrogen) atoms. The Bertz CT molecular complexity index is 682. The number of hydroxylamine groups is 1. The lowest BCUT2D eigenvalue weighted by molar-refractivity contribution is 0.0823. The Kier molecular flexibility index (Phi) is 5.67. The summed E-state index contributed by atoms with van der Waals surface area (Å²) in [6, 6.07) is 11.5. The number of nitrogens with one attached hydrogen (secondary N) is 2. The van der Waals surface area contributed by atoms with Crippen molar-refractivity contribution in [3.8, 4) is 0 Å². The molecule has 0 spiro atoms. The molecule has 0 atom stereocenters. The highest BCUT2D eigenvalue weighted by molar-refractivity contribution is 5.78. The first kappa shape index (κ1) is 15.7. The molecular weight excluding hydrogens is 282 g/mol.